The third-order valence-corrected chi connectivity index (χ3v) is 4.15. The van der Waals surface area contributed by atoms with Crippen LogP contribution in [-0.4, -0.2) is 45.3 Å². The minimum absolute atomic E-state index is 0. The van der Waals surface area contributed by atoms with E-state index in [1.807, 2.05) is 0 Å². The minimum Gasteiger partial charge on any atom is -0.493 e. The lowest BCUT2D eigenvalue weighted by Crippen LogP contribution is -2.45. The van der Waals surface area contributed by atoms with Crippen molar-refractivity contribution in [3.8, 4) is 11.5 Å². The first-order valence-corrected chi connectivity index (χ1v) is 7.93. The molecule has 1 fully saturated rings. The van der Waals surface area contributed by atoms with Crippen molar-refractivity contribution in [1.29, 1.82) is 0 Å². The van der Waals surface area contributed by atoms with E-state index < -0.39 is 0 Å². The van der Waals surface area contributed by atoms with Gasteiger partial charge in [-0.15, -0.1) is 24.8 Å². The van der Waals surface area contributed by atoms with E-state index in [2.05, 4.69) is 24.1 Å². The second-order valence-electron chi connectivity index (χ2n) is 6.16. The molecule has 1 N–H and O–H groups in total. The molecule has 1 aliphatic heterocycles. The summed E-state index contributed by atoms with van der Waals surface area (Å²) >= 11 is 0. The molecule has 2 rings (SSSR count). The van der Waals surface area contributed by atoms with Gasteiger partial charge in [-0.3, -0.25) is 4.90 Å². The maximum Gasteiger partial charge on any atom is 0.163 e. The predicted molar refractivity (Wildman–Crippen MR) is 101 cm³/mol. The van der Waals surface area contributed by atoms with Gasteiger partial charge in [0.1, 0.15) is 5.82 Å². The number of nitrogens with zero attached hydrogens (tertiary/aromatic N) is 1. The Morgan fingerprint density at radius 3 is 2.12 bits per heavy atom. The van der Waals surface area contributed by atoms with Crippen LogP contribution in [-0.2, 0) is 0 Å². The fourth-order valence-electron chi connectivity index (χ4n) is 3.04. The molecule has 0 unspecified atom stereocenters. The number of hydrogen-bond acceptors (Lipinski definition) is 4. The number of piperazine rings is 1. The smallest absolute Gasteiger partial charge is 0.163 e. The van der Waals surface area contributed by atoms with E-state index in [9.17, 15) is 4.39 Å². The molecule has 0 amide bonds. The highest BCUT2D eigenvalue weighted by Gasteiger charge is 2.27. The molecule has 1 aromatic rings. The summed E-state index contributed by atoms with van der Waals surface area (Å²) < 4.78 is 25.2. The lowest BCUT2D eigenvalue weighted by atomic mass is 9.94. The Bertz CT molecular complexity index is 498. The molecule has 0 radical (unpaired) electrons. The fraction of sp³-hybridized carbons (Fsp3) is 0.647. The summed E-state index contributed by atoms with van der Waals surface area (Å²) in [5.41, 5.74) is 0.702. The van der Waals surface area contributed by atoms with E-state index in [-0.39, 0.29) is 36.7 Å². The Morgan fingerprint density at radius 1 is 1.08 bits per heavy atom. The van der Waals surface area contributed by atoms with Crippen LogP contribution in [0.5, 0.6) is 11.5 Å². The molecule has 7 heteroatoms. The monoisotopic (exact) mass is 382 g/mol. The van der Waals surface area contributed by atoms with Crippen LogP contribution in [0.4, 0.5) is 4.39 Å². The normalized spacial score (nSPS) is 16.1. The third kappa shape index (κ3) is 5.66. The lowest BCUT2D eigenvalue weighted by Gasteiger charge is -2.36. The quantitative estimate of drug-likeness (QED) is 0.813. The standard InChI is InChI=1S/C17H27FN2O2.2ClH/c1-12(2)9-15(20-7-5-19-6-8-20)13-10-16(21-3)17(22-4)11-14(13)18;;/h10-12,15,19H,5-9H2,1-4H3;2*1H/t15-;;/m1../s1. The number of hydrogen-bond donors (Lipinski definition) is 1. The van der Waals surface area contributed by atoms with Crippen molar-refractivity contribution in [2.45, 2.75) is 26.3 Å². The van der Waals surface area contributed by atoms with Crippen LogP contribution in [0, 0.1) is 11.7 Å². The van der Waals surface area contributed by atoms with Crippen LogP contribution in [0.2, 0.25) is 0 Å². The topological polar surface area (TPSA) is 33.7 Å². The van der Waals surface area contributed by atoms with Crippen LogP contribution in [0.1, 0.15) is 31.9 Å². The van der Waals surface area contributed by atoms with Gasteiger partial charge < -0.3 is 14.8 Å². The molecular weight excluding hydrogens is 354 g/mol. The number of rotatable bonds is 6. The number of ether oxygens (including phenoxy) is 2. The molecule has 0 aliphatic carbocycles. The summed E-state index contributed by atoms with van der Waals surface area (Å²) in [5, 5.41) is 3.35. The van der Waals surface area contributed by atoms with Gasteiger partial charge in [-0.1, -0.05) is 13.8 Å². The summed E-state index contributed by atoms with van der Waals surface area (Å²) in [5.74, 6) is 1.30. The number of halogens is 3. The fourth-order valence-corrected chi connectivity index (χ4v) is 3.04. The Hall–Kier alpha value is -0.750. The molecular formula is C17H29Cl2FN2O2. The SMILES string of the molecule is COc1cc(F)c([C@@H](CC(C)C)N2CCNCC2)cc1OC.Cl.Cl. The molecule has 0 aromatic heterocycles. The molecule has 1 atom stereocenters. The summed E-state index contributed by atoms with van der Waals surface area (Å²) in [6.45, 7) is 8.12. The van der Waals surface area contributed by atoms with Crippen LogP contribution in [0.3, 0.4) is 0 Å². The highest BCUT2D eigenvalue weighted by Crippen LogP contribution is 2.36. The first kappa shape index (κ1) is 23.2. The zero-order valence-electron chi connectivity index (χ0n) is 14.8. The number of methoxy groups -OCH3 is 2. The molecule has 0 spiro atoms. The summed E-state index contributed by atoms with van der Waals surface area (Å²) in [7, 11) is 3.11. The zero-order chi connectivity index (χ0) is 16.1. The maximum atomic E-state index is 14.6. The maximum absolute atomic E-state index is 14.6. The van der Waals surface area contributed by atoms with Crippen molar-refractivity contribution in [1.82, 2.24) is 10.2 Å². The van der Waals surface area contributed by atoms with Gasteiger partial charge in [0, 0.05) is 43.9 Å². The van der Waals surface area contributed by atoms with Crippen molar-refractivity contribution < 1.29 is 13.9 Å². The van der Waals surface area contributed by atoms with Gasteiger partial charge in [-0.25, -0.2) is 4.39 Å². The summed E-state index contributed by atoms with van der Waals surface area (Å²) in [6.07, 6.45) is 0.923. The molecule has 1 saturated heterocycles. The Labute approximate surface area is 156 Å². The average molecular weight is 383 g/mol. The van der Waals surface area contributed by atoms with Crippen LogP contribution < -0.4 is 14.8 Å². The Balaban J connectivity index is 0.00000264. The second-order valence-corrected chi connectivity index (χ2v) is 6.16. The summed E-state index contributed by atoms with van der Waals surface area (Å²) in [6, 6.07) is 3.30. The van der Waals surface area contributed by atoms with Gasteiger partial charge in [0.25, 0.3) is 0 Å². The van der Waals surface area contributed by atoms with Gasteiger partial charge in [-0.05, 0) is 18.4 Å². The van der Waals surface area contributed by atoms with Crippen molar-refractivity contribution in [3.05, 3.63) is 23.5 Å². The first-order chi connectivity index (χ1) is 10.6. The van der Waals surface area contributed by atoms with E-state index in [0.717, 1.165) is 32.6 Å². The van der Waals surface area contributed by atoms with Crippen molar-refractivity contribution in [2.75, 3.05) is 40.4 Å². The molecule has 1 heterocycles. The van der Waals surface area contributed by atoms with E-state index in [0.29, 0.717) is 23.0 Å². The molecule has 1 aromatic carbocycles. The average Bonchev–Trinajstić information content (AvgIpc) is 2.53. The van der Waals surface area contributed by atoms with Gasteiger partial charge in [-0.2, -0.15) is 0 Å². The second kappa shape index (κ2) is 11.0. The van der Waals surface area contributed by atoms with Crippen LogP contribution >= 0.6 is 24.8 Å². The van der Waals surface area contributed by atoms with E-state index in [1.165, 1.54) is 13.2 Å². The van der Waals surface area contributed by atoms with E-state index in [4.69, 9.17) is 9.47 Å². The molecule has 1 aliphatic rings. The van der Waals surface area contributed by atoms with E-state index in [1.54, 1.807) is 13.2 Å². The van der Waals surface area contributed by atoms with Gasteiger partial charge >= 0.3 is 0 Å². The Morgan fingerprint density at radius 2 is 1.62 bits per heavy atom. The van der Waals surface area contributed by atoms with Crippen molar-refractivity contribution in [2.24, 2.45) is 5.92 Å². The number of benzene rings is 1. The first-order valence-electron chi connectivity index (χ1n) is 7.93. The van der Waals surface area contributed by atoms with Crippen LogP contribution in [0.25, 0.3) is 0 Å². The van der Waals surface area contributed by atoms with Gasteiger partial charge in [0.2, 0.25) is 0 Å². The minimum atomic E-state index is -0.221. The largest absolute Gasteiger partial charge is 0.493 e. The molecule has 0 saturated carbocycles. The molecule has 24 heavy (non-hydrogen) atoms. The predicted octanol–water partition coefficient (Wildman–Crippen LogP) is 3.68. The van der Waals surface area contributed by atoms with Gasteiger partial charge in [0.15, 0.2) is 11.5 Å². The van der Waals surface area contributed by atoms with E-state index >= 15 is 0 Å². The van der Waals surface area contributed by atoms with Crippen molar-refractivity contribution >= 4 is 24.8 Å². The molecule has 140 valence electrons. The summed E-state index contributed by atoms with van der Waals surface area (Å²) in [4.78, 5) is 2.36. The van der Waals surface area contributed by atoms with Crippen molar-refractivity contribution in [3.63, 3.8) is 0 Å². The Kier molecular flexibility index (Phi) is 10.6. The lowest BCUT2D eigenvalue weighted by molar-refractivity contribution is 0.150. The van der Waals surface area contributed by atoms with Gasteiger partial charge in [0.05, 0.1) is 14.2 Å². The molecule has 4 nitrogen and oxygen atoms in total. The molecule has 0 bridgehead atoms. The zero-order valence-corrected chi connectivity index (χ0v) is 16.4. The van der Waals surface area contributed by atoms with Crippen LogP contribution in [0.15, 0.2) is 12.1 Å². The third-order valence-electron chi connectivity index (χ3n) is 4.15. The highest BCUT2D eigenvalue weighted by molar-refractivity contribution is 5.85. The number of nitrogens with one attached hydrogen (secondary N) is 1. The highest BCUT2D eigenvalue weighted by atomic mass is 35.5.